The molecule has 26 heavy (non-hydrogen) atoms. The summed E-state index contributed by atoms with van der Waals surface area (Å²) in [6.07, 6.45) is 8.44. The van der Waals surface area contributed by atoms with Gasteiger partial charge in [-0.2, -0.15) is 0 Å². The molecule has 1 fully saturated rings. The van der Waals surface area contributed by atoms with Crippen LogP contribution in [0.4, 0.5) is 4.79 Å². The number of ether oxygens (including phenoxy) is 2. The van der Waals surface area contributed by atoms with Crippen molar-refractivity contribution in [3.63, 3.8) is 0 Å². The van der Waals surface area contributed by atoms with E-state index in [1.54, 1.807) is 7.11 Å². The quantitative estimate of drug-likeness (QED) is 0.718. The number of likely N-dealkylation sites (tertiary alicyclic amines) is 1. The van der Waals surface area contributed by atoms with E-state index in [2.05, 4.69) is 30.2 Å². The Hall–Kier alpha value is -1.11. The number of piperidine rings is 1. The number of hydrogen-bond donors (Lipinski definition) is 0. The zero-order valence-electron chi connectivity index (χ0n) is 15.2. The number of benzene rings is 1. The van der Waals surface area contributed by atoms with Crippen LogP contribution in [-0.4, -0.2) is 53.7 Å². The lowest BCUT2D eigenvalue weighted by Crippen LogP contribution is -2.65. The standard InChI is InChI=1S/C20H23NO3S2/c1-21-9-8-20-15-7-6-14(26-19(22)25-3)17(20)12(21)10-11-4-5-13(23-2)18(24-15)16(11)20/h4-7,12,14-15,17H,8-10H2,1-3H3/t12-,14-,15+,17-,20-/m1/s1. The molecule has 0 radical (unpaired) electrons. The van der Waals surface area contributed by atoms with Crippen molar-refractivity contribution in [3.05, 3.63) is 35.4 Å². The van der Waals surface area contributed by atoms with Gasteiger partial charge < -0.3 is 14.4 Å². The Morgan fingerprint density at radius 2 is 2.23 bits per heavy atom. The van der Waals surface area contributed by atoms with Crippen LogP contribution in [0.5, 0.6) is 11.5 Å². The van der Waals surface area contributed by atoms with E-state index in [0.29, 0.717) is 12.0 Å². The van der Waals surface area contributed by atoms with E-state index in [1.807, 2.05) is 12.3 Å². The van der Waals surface area contributed by atoms with Crippen molar-refractivity contribution in [1.82, 2.24) is 4.90 Å². The van der Waals surface area contributed by atoms with Crippen LogP contribution in [0.1, 0.15) is 17.5 Å². The van der Waals surface area contributed by atoms with Gasteiger partial charge in [-0.3, -0.25) is 4.79 Å². The van der Waals surface area contributed by atoms with Gasteiger partial charge in [-0.1, -0.05) is 35.7 Å². The fourth-order valence-corrected chi connectivity index (χ4v) is 7.39. The average molecular weight is 390 g/mol. The summed E-state index contributed by atoms with van der Waals surface area (Å²) < 4.78 is 12.3. The highest BCUT2D eigenvalue weighted by atomic mass is 32.2. The van der Waals surface area contributed by atoms with Crippen molar-refractivity contribution >= 4 is 28.0 Å². The van der Waals surface area contributed by atoms with Gasteiger partial charge in [-0.15, -0.1) is 0 Å². The summed E-state index contributed by atoms with van der Waals surface area (Å²) >= 11 is 2.81. The minimum atomic E-state index is -0.0280. The molecular weight excluding hydrogens is 366 g/mol. The summed E-state index contributed by atoms with van der Waals surface area (Å²) in [4.78, 5) is 14.7. The van der Waals surface area contributed by atoms with E-state index in [0.717, 1.165) is 30.9 Å². The number of carbonyl (C=O) groups excluding carboxylic acids is 1. The van der Waals surface area contributed by atoms with Crippen molar-refractivity contribution in [1.29, 1.82) is 0 Å². The lowest BCUT2D eigenvalue weighted by molar-refractivity contribution is -0.000970. The van der Waals surface area contributed by atoms with Gasteiger partial charge in [0.15, 0.2) is 11.5 Å². The van der Waals surface area contributed by atoms with Gasteiger partial charge >= 0.3 is 0 Å². The van der Waals surface area contributed by atoms with Gasteiger partial charge in [0.25, 0.3) is 0 Å². The maximum Gasteiger partial charge on any atom is 0.246 e. The van der Waals surface area contributed by atoms with Crippen LogP contribution in [0.15, 0.2) is 24.3 Å². The second-order valence-corrected chi connectivity index (χ2v) is 9.85. The molecule has 0 N–H and O–H groups in total. The number of carbonyl (C=O) groups is 1. The third kappa shape index (κ3) is 2.06. The Bertz CT molecular complexity index is 810. The first-order valence-corrected chi connectivity index (χ1v) is 11.2. The summed E-state index contributed by atoms with van der Waals surface area (Å²) in [6.45, 7) is 1.07. The van der Waals surface area contributed by atoms with E-state index in [-0.39, 0.29) is 21.2 Å². The summed E-state index contributed by atoms with van der Waals surface area (Å²) in [7, 11) is 3.94. The van der Waals surface area contributed by atoms with E-state index in [9.17, 15) is 4.79 Å². The molecule has 2 aliphatic heterocycles. The van der Waals surface area contributed by atoms with Gasteiger partial charge in [0, 0.05) is 28.2 Å². The molecule has 1 spiro atoms. The zero-order valence-corrected chi connectivity index (χ0v) is 16.9. The molecule has 1 aromatic carbocycles. The first kappa shape index (κ1) is 17.0. The second-order valence-electron chi connectivity index (χ2n) is 7.66. The van der Waals surface area contributed by atoms with Gasteiger partial charge in [0.1, 0.15) is 6.10 Å². The first-order valence-electron chi connectivity index (χ1n) is 9.10. The van der Waals surface area contributed by atoms with Gasteiger partial charge in [0.05, 0.1) is 7.11 Å². The highest BCUT2D eigenvalue weighted by Crippen LogP contribution is 2.63. The lowest BCUT2D eigenvalue weighted by Gasteiger charge is -2.58. The van der Waals surface area contributed by atoms with Gasteiger partial charge in [-0.05, 0) is 50.4 Å². The van der Waals surface area contributed by atoms with Crippen molar-refractivity contribution in [2.24, 2.45) is 5.92 Å². The van der Waals surface area contributed by atoms with Crippen LogP contribution < -0.4 is 9.47 Å². The average Bonchev–Trinajstić information content (AvgIpc) is 2.99. The largest absolute Gasteiger partial charge is 0.493 e. The molecule has 5 rings (SSSR count). The monoisotopic (exact) mass is 389 g/mol. The summed E-state index contributed by atoms with van der Waals surface area (Å²) in [5.41, 5.74) is 2.73. The predicted octanol–water partition coefficient (Wildman–Crippen LogP) is 3.73. The molecule has 0 unspecified atom stereocenters. The Kier molecular flexibility index (Phi) is 3.89. The Morgan fingerprint density at radius 1 is 1.38 bits per heavy atom. The Morgan fingerprint density at radius 3 is 3.00 bits per heavy atom. The highest BCUT2D eigenvalue weighted by Gasteiger charge is 2.64. The number of rotatable bonds is 2. The number of methoxy groups -OCH3 is 1. The molecule has 1 aromatic rings. The van der Waals surface area contributed by atoms with Gasteiger partial charge in [0.2, 0.25) is 4.45 Å². The maximum atomic E-state index is 12.2. The van der Waals surface area contributed by atoms with Gasteiger partial charge in [-0.25, -0.2) is 0 Å². The molecule has 5 atom stereocenters. The number of likely N-dealkylation sites (N-methyl/N-ethyl adjacent to an activating group) is 1. The van der Waals surface area contributed by atoms with Crippen LogP contribution in [0.3, 0.4) is 0 Å². The summed E-state index contributed by atoms with van der Waals surface area (Å²) in [5, 5.41) is 0.202. The minimum Gasteiger partial charge on any atom is -0.493 e. The molecule has 2 heterocycles. The third-order valence-electron chi connectivity index (χ3n) is 6.76. The van der Waals surface area contributed by atoms with Crippen molar-refractivity contribution in [3.8, 4) is 11.5 Å². The predicted molar refractivity (Wildman–Crippen MR) is 107 cm³/mol. The van der Waals surface area contributed by atoms with Crippen LogP contribution >= 0.6 is 23.5 Å². The third-order valence-corrected chi connectivity index (χ3v) is 8.79. The van der Waals surface area contributed by atoms with E-state index >= 15 is 0 Å². The molecule has 0 saturated carbocycles. The molecule has 2 bridgehead atoms. The molecule has 4 nitrogen and oxygen atoms in total. The molecule has 1 saturated heterocycles. The first-order chi connectivity index (χ1) is 12.6. The number of hydrogen-bond acceptors (Lipinski definition) is 6. The smallest absolute Gasteiger partial charge is 0.246 e. The Labute approximate surface area is 162 Å². The molecule has 0 aromatic heterocycles. The number of thioether (sulfide) groups is 2. The molecule has 4 aliphatic rings. The van der Waals surface area contributed by atoms with E-state index in [4.69, 9.17) is 9.47 Å². The van der Waals surface area contributed by atoms with E-state index in [1.165, 1.54) is 34.7 Å². The highest BCUT2D eigenvalue weighted by molar-refractivity contribution is 8.38. The normalized spacial score (nSPS) is 36.4. The molecule has 0 amide bonds. The van der Waals surface area contributed by atoms with Crippen LogP contribution in [0.25, 0.3) is 0 Å². The minimum absolute atomic E-state index is 0.0280. The van der Waals surface area contributed by atoms with Crippen molar-refractivity contribution in [2.45, 2.75) is 35.7 Å². The van der Waals surface area contributed by atoms with Crippen molar-refractivity contribution < 1.29 is 14.3 Å². The zero-order chi connectivity index (χ0) is 18.1. The summed E-state index contributed by atoms with van der Waals surface area (Å²) in [5.74, 6) is 2.16. The summed E-state index contributed by atoms with van der Waals surface area (Å²) in [6, 6.07) is 4.71. The fraction of sp³-hybridized carbons (Fsp3) is 0.550. The number of nitrogens with zero attached hydrogens (tertiary/aromatic N) is 1. The lowest BCUT2D eigenvalue weighted by atomic mass is 9.53. The van der Waals surface area contributed by atoms with Crippen LogP contribution in [0, 0.1) is 5.92 Å². The molecule has 138 valence electrons. The van der Waals surface area contributed by atoms with Crippen LogP contribution in [-0.2, 0) is 11.8 Å². The maximum absolute atomic E-state index is 12.2. The van der Waals surface area contributed by atoms with Crippen LogP contribution in [0.2, 0.25) is 0 Å². The van der Waals surface area contributed by atoms with E-state index < -0.39 is 0 Å². The Balaban J connectivity index is 1.71. The fourth-order valence-electron chi connectivity index (χ4n) is 5.70. The topological polar surface area (TPSA) is 38.8 Å². The SMILES string of the molecule is COc1ccc2c3c1O[C@H]1C=C[C@@H](SC(=O)SC)[C@H]4[C@@H](C2)N(C)CC[C@@]341. The molecular formula is C20H23NO3S2. The second kappa shape index (κ2) is 5.94. The van der Waals surface area contributed by atoms with Crippen molar-refractivity contribution in [2.75, 3.05) is 27.0 Å². The molecule has 2 aliphatic carbocycles. The molecule has 6 heteroatoms.